The Bertz CT molecular complexity index is 970. The molecule has 3 rings (SSSR count). The summed E-state index contributed by atoms with van der Waals surface area (Å²) in [6.07, 6.45) is 4.18. The summed E-state index contributed by atoms with van der Waals surface area (Å²) in [5.41, 5.74) is 4.36. The monoisotopic (exact) mass is 564 g/mol. The molecule has 6 heteroatoms. The van der Waals surface area contributed by atoms with Crippen molar-refractivity contribution in [1.82, 2.24) is 3.80 Å². The minimum atomic E-state index is -2.21. The van der Waals surface area contributed by atoms with E-state index in [0.29, 0.717) is 11.8 Å². The Morgan fingerprint density at radius 2 is 1.43 bits per heavy atom. The number of halogens is 2. The Morgan fingerprint density at radius 3 is 1.83 bits per heavy atom. The van der Waals surface area contributed by atoms with Crippen LogP contribution in [0.2, 0.25) is 0 Å². The molecule has 2 aromatic carbocycles. The standard InChI is InChI=1S/C12H11Si.C9H13.C8H17NO.2ClH.Ti/c1-3-7-11(8-4-1)13-12-9-5-2-6-10-12;1-6-5-7(2)9(4)8(6)3;1-3-5-6-7(4-2)8(9)10;;;/h1-10,13H;6H,1-4H3;7H,3-6H2,1-2H3,(H2,9,10);2*1H;/q;;;;;+3/p-3. The van der Waals surface area contributed by atoms with Crippen LogP contribution in [0.15, 0.2) is 81.3 Å². The maximum atomic E-state index is 13.7. The molecule has 35 heavy (non-hydrogen) atoms. The molecule has 0 bridgehead atoms. The summed E-state index contributed by atoms with van der Waals surface area (Å²) in [6.45, 7) is 12.0. The third-order valence-corrected chi connectivity index (χ3v) is 20.9. The summed E-state index contributed by atoms with van der Waals surface area (Å²) in [7, 11) is 0. The topological polar surface area (TPSA) is 29.1 Å². The van der Waals surface area contributed by atoms with E-state index in [0.717, 1.165) is 25.7 Å². The number of amides is 1. The largest absolute Gasteiger partial charge is 1.00 e. The fourth-order valence-corrected chi connectivity index (χ4v) is 20.3. The number of hydrogen-bond acceptors (Lipinski definition) is 1. The van der Waals surface area contributed by atoms with Gasteiger partial charge in [-0.2, -0.15) is 0 Å². The fourth-order valence-electron chi connectivity index (χ4n) is 5.12. The van der Waals surface area contributed by atoms with Crippen molar-refractivity contribution in [1.29, 1.82) is 0 Å². The quantitative estimate of drug-likeness (QED) is 0.393. The van der Waals surface area contributed by atoms with Crippen LogP contribution < -0.4 is 39.0 Å². The van der Waals surface area contributed by atoms with Crippen molar-refractivity contribution in [2.75, 3.05) is 0 Å². The van der Waals surface area contributed by atoms with Crippen molar-refractivity contribution in [3.8, 4) is 0 Å². The van der Waals surface area contributed by atoms with Crippen molar-refractivity contribution in [3.05, 3.63) is 81.3 Å². The molecule has 0 saturated carbocycles. The minimum absolute atomic E-state index is 0. The van der Waals surface area contributed by atoms with Gasteiger partial charge in [-0.25, -0.2) is 0 Å². The summed E-state index contributed by atoms with van der Waals surface area (Å²) < 4.78 is 5.41. The molecule has 0 aliphatic heterocycles. The van der Waals surface area contributed by atoms with Gasteiger partial charge in [-0.05, 0) is 0 Å². The average Bonchev–Trinajstić information content (AvgIpc) is 3.03. The molecule has 0 saturated heterocycles. The van der Waals surface area contributed by atoms with Crippen LogP contribution >= 0.6 is 0 Å². The molecule has 0 aromatic heterocycles. The van der Waals surface area contributed by atoms with E-state index in [4.69, 9.17) is 0 Å². The Kier molecular flexibility index (Phi) is 13.9. The third-order valence-electron chi connectivity index (χ3n) is 7.51. The third kappa shape index (κ3) is 7.46. The van der Waals surface area contributed by atoms with E-state index in [1.807, 2.05) is 0 Å². The van der Waals surface area contributed by atoms with Gasteiger partial charge in [0.05, 0.1) is 0 Å². The molecule has 1 N–H and O–H groups in total. The molecule has 1 aliphatic carbocycles. The first-order valence-corrected chi connectivity index (χ1v) is 18.6. The van der Waals surface area contributed by atoms with Gasteiger partial charge in [-0.1, -0.05) is 0 Å². The van der Waals surface area contributed by atoms with Crippen molar-refractivity contribution in [2.24, 2.45) is 11.8 Å². The van der Waals surface area contributed by atoms with E-state index in [-0.39, 0.29) is 30.7 Å². The number of benzene rings is 2. The maximum absolute atomic E-state index is 13.7. The maximum Gasteiger partial charge on any atom is -1.00 e. The zero-order chi connectivity index (χ0) is 24.0. The number of allylic oxidation sites excluding steroid dienone is 4. The molecule has 0 heterocycles. The van der Waals surface area contributed by atoms with Crippen LogP contribution in [0.3, 0.4) is 0 Å². The smallest absolute Gasteiger partial charge is 1.00 e. The van der Waals surface area contributed by atoms with Gasteiger partial charge in [0.2, 0.25) is 0 Å². The first-order chi connectivity index (χ1) is 15.9. The normalized spacial score (nSPS) is 16.0. The van der Waals surface area contributed by atoms with Crippen LogP contribution in [-0.2, 0) is 22.2 Å². The minimum Gasteiger partial charge on any atom is -1.00 e. The Labute approximate surface area is 232 Å². The molecule has 0 fully saturated rings. The van der Waals surface area contributed by atoms with Gasteiger partial charge in [-0.3, -0.25) is 0 Å². The molecule has 0 spiro atoms. The first-order valence-electron chi connectivity index (χ1n) is 12.6. The van der Waals surface area contributed by atoms with E-state index in [1.54, 1.807) is 3.88 Å². The second-order valence-corrected chi connectivity index (χ2v) is 19.3. The van der Waals surface area contributed by atoms with Gasteiger partial charge < -0.3 is 24.8 Å². The van der Waals surface area contributed by atoms with Crippen molar-refractivity contribution in [3.63, 3.8) is 0 Å². The molecule has 2 atom stereocenters. The van der Waals surface area contributed by atoms with Gasteiger partial charge in [0, 0.05) is 0 Å². The number of nitrogens with one attached hydrogen (secondary N) is 1. The number of hydrogen-bond donors (Lipinski definition) is 1. The van der Waals surface area contributed by atoms with Gasteiger partial charge in [-0.15, -0.1) is 0 Å². The first kappa shape index (κ1) is 31.9. The average molecular weight is 566 g/mol. The van der Waals surface area contributed by atoms with Crippen LogP contribution in [0.4, 0.5) is 0 Å². The van der Waals surface area contributed by atoms with E-state index in [9.17, 15) is 4.79 Å². The summed E-state index contributed by atoms with van der Waals surface area (Å²) in [5.74, 6) is 0.861. The van der Waals surface area contributed by atoms with E-state index >= 15 is 0 Å². The zero-order valence-electron chi connectivity index (χ0n) is 22.0. The second kappa shape index (κ2) is 15.2. The number of carbonyl (C=O) groups excluding carboxylic acids is 1. The van der Waals surface area contributed by atoms with E-state index < -0.39 is 24.0 Å². The molecule has 2 aromatic rings. The number of rotatable bonds is 10. The van der Waals surface area contributed by atoms with E-state index in [1.165, 1.54) is 27.1 Å². The van der Waals surface area contributed by atoms with Crippen LogP contribution in [0, 0.1) is 11.8 Å². The predicted octanol–water partition coefficient (Wildman–Crippen LogP) is -0.341. The van der Waals surface area contributed by atoms with Crippen LogP contribution in [0.25, 0.3) is 0 Å². The molecule has 189 valence electrons. The van der Waals surface area contributed by atoms with Crippen LogP contribution in [-0.4, -0.2) is 12.6 Å². The number of carbonyl (C=O) groups is 1. The summed E-state index contributed by atoms with van der Waals surface area (Å²) in [5, 5.41) is 2.91. The fraction of sp³-hybridized carbons (Fsp3) is 0.414. The van der Waals surface area contributed by atoms with Gasteiger partial charge in [0.1, 0.15) is 0 Å². The summed E-state index contributed by atoms with van der Waals surface area (Å²) in [6, 6.07) is 22.1. The molecular weight excluding hydrogens is 525 g/mol. The van der Waals surface area contributed by atoms with Gasteiger partial charge >= 0.3 is 209 Å². The molecular formula is C29H40Cl2NOSiTi. The van der Waals surface area contributed by atoms with Gasteiger partial charge in [0.15, 0.2) is 0 Å². The Balaban J connectivity index is 0.00000306. The Morgan fingerprint density at radius 1 is 0.914 bits per heavy atom. The SMILES string of the molecule is CCCCC(CC)C(=O)[NH][Ti+2]([C]1=C(C)C(C)=C(C)C1C)[SiH](c1ccccc1)c1ccccc1.[Cl-].[Cl-]. The molecule has 1 amide bonds. The zero-order valence-corrected chi connectivity index (χ0v) is 26.2. The van der Waals surface area contributed by atoms with Gasteiger partial charge in [0.25, 0.3) is 0 Å². The molecule has 0 radical (unpaired) electrons. The second-order valence-electron chi connectivity index (χ2n) is 9.47. The Hall–Kier alpha value is -1.10. The summed E-state index contributed by atoms with van der Waals surface area (Å²) >= 11 is -2.21. The van der Waals surface area contributed by atoms with Crippen molar-refractivity contribution < 1.29 is 47.0 Å². The molecule has 2 nitrogen and oxygen atoms in total. The van der Waals surface area contributed by atoms with Crippen LogP contribution in [0.1, 0.15) is 67.2 Å². The van der Waals surface area contributed by atoms with E-state index in [2.05, 4.69) is 106 Å². The van der Waals surface area contributed by atoms with Crippen LogP contribution in [0.5, 0.6) is 0 Å². The summed E-state index contributed by atoms with van der Waals surface area (Å²) in [4.78, 5) is 13.7. The van der Waals surface area contributed by atoms with Crippen molar-refractivity contribution in [2.45, 2.75) is 67.2 Å². The molecule has 2 unspecified atom stereocenters. The number of unbranched alkanes of at least 4 members (excludes halogenated alkanes) is 1. The van der Waals surface area contributed by atoms with Crippen molar-refractivity contribution >= 4 is 22.9 Å². The predicted molar refractivity (Wildman–Crippen MR) is 141 cm³/mol. The molecule has 1 aliphatic rings.